The van der Waals surface area contributed by atoms with Crippen molar-refractivity contribution in [3.05, 3.63) is 96.1 Å². The van der Waals surface area contributed by atoms with Gasteiger partial charge >= 0.3 is 0 Å². The minimum absolute atomic E-state index is 0.0133. The van der Waals surface area contributed by atoms with E-state index in [-0.39, 0.29) is 28.9 Å². The van der Waals surface area contributed by atoms with Crippen molar-refractivity contribution in [2.24, 2.45) is 0 Å². The molecule has 0 atom stereocenters. The topological polar surface area (TPSA) is 83.5 Å². The molecular weight excluding hydrogens is 432 g/mol. The Labute approximate surface area is 183 Å². The lowest BCUT2D eigenvalue weighted by Crippen LogP contribution is -2.30. The normalized spacial score (nSPS) is 14.6. The maximum atomic E-state index is 13.5. The third-order valence-corrected chi connectivity index (χ3v) is 8.42. The third kappa shape index (κ3) is 5.40. The molecule has 1 saturated carbocycles. The molecule has 0 spiro atoms. The molecule has 4 rings (SSSR count). The molecular formula is C23H24N2O4S2. The highest BCUT2D eigenvalue weighted by Crippen LogP contribution is 2.25. The summed E-state index contributed by atoms with van der Waals surface area (Å²) in [6.07, 6.45) is 1.67. The lowest BCUT2D eigenvalue weighted by Gasteiger charge is -2.23. The van der Waals surface area contributed by atoms with Crippen molar-refractivity contribution in [2.45, 2.75) is 41.8 Å². The van der Waals surface area contributed by atoms with E-state index in [1.54, 1.807) is 0 Å². The van der Waals surface area contributed by atoms with Crippen LogP contribution in [0.25, 0.3) is 0 Å². The van der Waals surface area contributed by atoms with Crippen LogP contribution in [0.4, 0.5) is 0 Å². The number of nitrogens with zero attached hydrogens (tertiary/aromatic N) is 1. The fourth-order valence-electron chi connectivity index (χ4n) is 3.23. The van der Waals surface area contributed by atoms with Crippen molar-refractivity contribution in [2.75, 3.05) is 0 Å². The van der Waals surface area contributed by atoms with Crippen LogP contribution in [0.5, 0.6) is 0 Å². The summed E-state index contributed by atoms with van der Waals surface area (Å²) in [6, 6.07) is 24.2. The molecule has 0 radical (unpaired) electrons. The zero-order valence-corrected chi connectivity index (χ0v) is 18.5. The van der Waals surface area contributed by atoms with Crippen LogP contribution in [0.3, 0.4) is 0 Å². The quantitative estimate of drug-likeness (QED) is 0.534. The van der Waals surface area contributed by atoms with Crippen molar-refractivity contribution >= 4 is 20.0 Å². The summed E-state index contributed by atoms with van der Waals surface area (Å²) in [5.74, 6) is 0. The van der Waals surface area contributed by atoms with E-state index in [2.05, 4.69) is 4.72 Å². The fraction of sp³-hybridized carbons (Fsp3) is 0.217. The average molecular weight is 457 g/mol. The molecule has 162 valence electrons. The molecule has 0 amide bonds. The number of hydrogen-bond acceptors (Lipinski definition) is 4. The molecule has 1 fully saturated rings. The Balaban J connectivity index is 1.62. The summed E-state index contributed by atoms with van der Waals surface area (Å²) in [4.78, 5) is 0.126. The minimum atomic E-state index is -3.85. The van der Waals surface area contributed by atoms with Crippen LogP contribution in [-0.4, -0.2) is 27.2 Å². The third-order valence-electron chi connectivity index (χ3n) is 5.07. The molecule has 8 heteroatoms. The SMILES string of the molecule is O=S(=O)(NC1CC1)c1ccc(S(=O)(=O)N(Cc2ccccc2)Cc2ccccc2)cc1. The smallest absolute Gasteiger partial charge is 0.208 e. The number of hydrogen-bond donors (Lipinski definition) is 1. The van der Waals surface area contributed by atoms with Gasteiger partial charge in [-0.1, -0.05) is 60.7 Å². The fourth-order valence-corrected chi connectivity index (χ4v) is 5.95. The van der Waals surface area contributed by atoms with Crippen LogP contribution in [0, 0.1) is 0 Å². The second kappa shape index (κ2) is 8.92. The van der Waals surface area contributed by atoms with Crippen molar-refractivity contribution in [3.8, 4) is 0 Å². The molecule has 0 saturated heterocycles. The molecule has 31 heavy (non-hydrogen) atoms. The highest BCUT2D eigenvalue weighted by molar-refractivity contribution is 7.89. The van der Waals surface area contributed by atoms with E-state index < -0.39 is 20.0 Å². The van der Waals surface area contributed by atoms with Crippen LogP contribution in [0.15, 0.2) is 94.7 Å². The molecule has 1 aliphatic carbocycles. The van der Waals surface area contributed by atoms with E-state index in [0.29, 0.717) is 0 Å². The summed E-state index contributed by atoms with van der Waals surface area (Å²) >= 11 is 0. The van der Waals surface area contributed by atoms with Crippen LogP contribution < -0.4 is 4.72 Å². The molecule has 6 nitrogen and oxygen atoms in total. The molecule has 0 aromatic heterocycles. The Bertz CT molecular complexity index is 1180. The van der Waals surface area contributed by atoms with Gasteiger partial charge in [0.25, 0.3) is 0 Å². The first kappa shape index (κ1) is 21.7. The summed E-state index contributed by atoms with van der Waals surface area (Å²) in [5, 5.41) is 0. The Hall–Kier alpha value is -2.52. The van der Waals surface area contributed by atoms with Gasteiger partial charge in [-0.2, -0.15) is 4.31 Å². The largest absolute Gasteiger partial charge is 0.243 e. The van der Waals surface area contributed by atoms with E-state index in [1.807, 2.05) is 60.7 Å². The van der Waals surface area contributed by atoms with Gasteiger partial charge in [-0.15, -0.1) is 0 Å². The predicted molar refractivity (Wildman–Crippen MR) is 119 cm³/mol. The van der Waals surface area contributed by atoms with Gasteiger partial charge in [0.2, 0.25) is 20.0 Å². The van der Waals surface area contributed by atoms with Gasteiger partial charge in [0.05, 0.1) is 9.79 Å². The van der Waals surface area contributed by atoms with E-state index in [1.165, 1.54) is 28.6 Å². The second-order valence-corrected chi connectivity index (χ2v) is 11.3. The van der Waals surface area contributed by atoms with Crippen LogP contribution in [0.2, 0.25) is 0 Å². The minimum Gasteiger partial charge on any atom is -0.208 e. The summed E-state index contributed by atoms with van der Waals surface area (Å²) in [6.45, 7) is 0.419. The first-order valence-electron chi connectivity index (χ1n) is 10.0. The van der Waals surface area contributed by atoms with Gasteiger partial charge < -0.3 is 0 Å². The number of nitrogens with one attached hydrogen (secondary N) is 1. The highest BCUT2D eigenvalue weighted by atomic mass is 32.2. The maximum Gasteiger partial charge on any atom is 0.243 e. The average Bonchev–Trinajstić information content (AvgIpc) is 3.58. The first-order chi connectivity index (χ1) is 14.8. The second-order valence-electron chi connectivity index (χ2n) is 7.61. The summed E-state index contributed by atoms with van der Waals surface area (Å²) < 4.78 is 55.7. The van der Waals surface area contributed by atoms with Gasteiger partial charge in [-0.3, -0.25) is 0 Å². The van der Waals surface area contributed by atoms with Gasteiger partial charge in [0, 0.05) is 19.1 Å². The Morgan fingerprint density at radius 1 is 0.677 bits per heavy atom. The van der Waals surface area contributed by atoms with Crippen molar-refractivity contribution in [3.63, 3.8) is 0 Å². The Morgan fingerprint density at radius 3 is 1.58 bits per heavy atom. The van der Waals surface area contributed by atoms with Gasteiger partial charge in [0.15, 0.2) is 0 Å². The summed E-state index contributed by atoms with van der Waals surface area (Å²) in [5.41, 5.74) is 1.74. The van der Waals surface area contributed by atoms with E-state index in [4.69, 9.17) is 0 Å². The molecule has 1 N–H and O–H groups in total. The van der Waals surface area contributed by atoms with E-state index >= 15 is 0 Å². The first-order valence-corrected chi connectivity index (χ1v) is 13.0. The van der Waals surface area contributed by atoms with Crippen molar-refractivity contribution in [1.82, 2.24) is 9.03 Å². The van der Waals surface area contributed by atoms with Crippen molar-refractivity contribution in [1.29, 1.82) is 0 Å². The van der Waals surface area contributed by atoms with Gasteiger partial charge in [0.1, 0.15) is 0 Å². The molecule has 3 aromatic rings. The van der Waals surface area contributed by atoms with Crippen molar-refractivity contribution < 1.29 is 16.8 Å². The van der Waals surface area contributed by atoms with E-state index in [0.717, 1.165) is 24.0 Å². The van der Waals surface area contributed by atoms with Crippen LogP contribution in [0.1, 0.15) is 24.0 Å². The summed E-state index contributed by atoms with van der Waals surface area (Å²) in [7, 11) is -7.49. The molecule has 3 aromatic carbocycles. The van der Waals surface area contributed by atoms with Crippen LogP contribution >= 0.6 is 0 Å². The molecule has 0 unspecified atom stereocenters. The lowest BCUT2D eigenvalue weighted by atomic mass is 10.2. The standard InChI is InChI=1S/C23H24N2O4S2/c26-30(27,24-21-11-12-21)22-13-15-23(16-14-22)31(28,29)25(17-19-7-3-1-4-8-19)18-20-9-5-2-6-10-20/h1-10,13-16,21,24H,11-12,17-18H2. The van der Waals surface area contributed by atoms with E-state index in [9.17, 15) is 16.8 Å². The Kier molecular flexibility index (Phi) is 6.24. The zero-order chi connectivity index (χ0) is 21.9. The monoisotopic (exact) mass is 456 g/mol. The maximum absolute atomic E-state index is 13.5. The number of rotatable bonds is 9. The highest BCUT2D eigenvalue weighted by Gasteiger charge is 2.29. The molecule has 0 heterocycles. The molecule has 0 aliphatic heterocycles. The Morgan fingerprint density at radius 2 is 1.13 bits per heavy atom. The van der Waals surface area contributed by atoms with Gasteiger partial charge in [-0.05, 0) is 48.2 Å². The number of sulfonamides is 2. The lowest BCUT2D eigenvalue weighted by molar-refractivity contribution is 0.401. The number of benzene rings is 3. The molecule has 1 aliphatic rings. The zero-order valence-electron chi connectivity index (χ0n) is 16.9. The van der Waals surface area contributed by atoms with Crippen LogP contribution in [-0.2, 0) is 33.1 Å². The van der Waals surface area contributed by atoms with Gasteiger partial charge in [-0.25, -0.2) is 21.6 Å². The molecule has 0 bridgehead atoms. The predicted octanol–water partition coefficient (Wildman–Crippen LogP) is 3.52.